The van der Waals surface area contributed by atoms with Crippen molar-refractivity contribution in [3.05, 3.63) is 30.2 Å². The molecule has 10 heteroatoms. The number of nitrogens with zero attached hydrogens (tertiary/aromatic N) is 3. The Morgan fingerprint density at radius 3 is 2.71 bits per heavy atom. The molecule has 2 aromatic rings. The van der Waals surface area contributed by atoms with Crippen LogP contribution in [0.15, 0.2) is 28.8 Å². The Bertz CT molecular complexity index is 907. The molecule has 3 amide bonds. The maximum absolute atomic E-state index is 12.1. The summed E-state index contributed by atoms with van der Waals surface area (Å²) in [5.41, 5.74) is -0.403. The minimum Gasteiger partial charge on any atom is -0.493 e. The first-order valence-corrected chi connectivity index (χ1v) is 8.66. The van der Waals surface area contributed by atoms with Gasteiger partial charge < -0.3 is 19.3 Å². The van der Waals surface area contributed by atoms with Crippen molar-refractivity contribution in [3.8, 4) is 17.1 Å². The van der Waals surface area contributed by atoms with E-state index in [1.54, 1.807) is 26.0 Å². The van der Waals surface area contributed by atoms with Crippen LogP contribution >= 0.6 is 0 Å². The van der Waals surface area contributed by atoms with Crippen LogP contribution in [0.3, 0.4) is 0 Å². The van der Waals surface area contributed by atoms with E-state index in [9.17, 15) is 14.4 Å². The van der Waals surface area contributed by atoms with Crippen molar-refractivity contribution < 1.29 is 28.4 Å². The second-order valence-corrected chi connectivity index (χ2v) is 6.55. The molecule has 0 saturated carbocycles. The van der Waals surface area contributed by atoms with Crippen LogP contribution in [0.25, 0.3) is 11.4 Å². The summed E-state index contributed by atoms with van der Waals surface area (Å²) in [6.07, 6.45) is 0. The molecule has 0 radical (unpaired) electrons. The van der Waals surface area contributed by atoms with Crippen molar-refractivity contribution in [1.29, 1.82) is 0 Å². The fourth-order valence-electron chi connectivity index (χ4n) is 2.63. The van der Waals surface area contributed by atoms with E-state index >= 15 is 0 Å². The van der Waals surface area contributed by atoms with Crippen molar-refractivity contribution in [2.24, 2.45) is 0 Å². The van der Waals surface area contributed by atoms with Crippen molar-refractivity contribution in [2.75, 3.05) is 13.2 Å². The fraction of sp³-hybridized carbons (Fsp3) is 0.389. The standard InChI is InChI=1S/C18H20N4O6/c1-4-26-12-8-6-5-7-11(12)15-19-13(28-21-15)10-27-14(23)9-22-16(24)18(2,3)20-17(22)25/h5-8H,4,9-10H2,1-3H3,(H,20,25). The van der Waals surface area contributed by atoms with E-state index in [1.807, 2.05) is 19.1 Å². The van der Waals surface area contributed by atoms with Gasteiger partial charge in [-0.3, -0.25) is 14.5 Å². The third-order valence-corrected chi connectivity index (χ3v) is 3.98. The van der Waals surface area contributed by atoms with Crippen molar-refractivity contribution in [2.45, 2.75) is 32.9 Å². The average molecular weight is 388 g/mol. The summed E-state index contributed by atoms with van der Waals surface area (Å²) in [4.78, 5) is 40.8. The number of rotatable bonds is 7. The molecule has 10 nitrogen and oxygen atoms in total. The Balaban J connectivity index is 1.60. The number of nitrogens with one attached hydrogen (secondary N) is 1. The Labute approximate surface area is 160 Å². The Morgan fingerprint density at radius 2 is 2.04 bits per heavy atom. The zero-order chi connectivity index (χ0) is 20.3. The lowest BCUT2D eigenvalue weighted by Crippen LogP contribution is -2.41. The van der Waals surface area contributed by atoms with Gasteiger partial charge >= 0.3 is 12.0 Å². The summed E-state index contributed by atoms with van der Waals surface area (Å²) in [7, 11) is 0. The number of aromatic nitrogens is 2. The number of carbonyl (C=O) groups is 3. The smallest absolute Gasteiger partial charge is 0.326 e. The van der Waals surface area contributed by atoms with Crippen molar-refractivity contribution in [3.63, 3.8) is 0 Å². The zero-order valence-corrected chi connectivity index (χ0v) is 15.7. The van der Waals surface area contributed by atoms with Gasteiger partial charge in [0.2, 0.25) is 5.82 Å². The van der Waals surface area contributed by atoms with Crippen LogP contribution in [0.2, 0.25) is 0 Å². The van der Waals surface area contributed by atoms with Crippen LogP contribution in [0.4, 0.5) is 4.79 Å². The summed E-state index contributed by atoms with van der Waals surface area (Å²) in [5.74, 6) is -0.286. The molecule has 1 fully saturated rings. The number of benzene rings is 1. The van der Waals surface area contributed by atoms with Crippen molar-refractivity contribution in [1.82, 2.24) is 20.4 Å². The number of carbonyl (C=O) groups excluding carboxylic acids is 3. The largest absolute Gasteiger partial charge is 0.493 e. The summed E-state index contributed by atoms with van der Waals surface area (Å²) < 4.78 is 15.7. The Kier molecular flexibility index (Phi) is 5.30. The molecule has 1 aliphatic rings. The zero-order valence-electron chi connectivity index (χ0n) is 15.7. The fourth-order valence-corrected chi connectivity index (χ4v) is 2.63. The molecule has 1 aromatic heterocycles. The number of hydrogen-bond acceptors (Lipinski definition) is 8. The topological polar surface area (TPSA) is 124 Å². The molecule has 0 aliphatic carbocycles. The summed E-state index contributed by atoms with van der Waals surface area (Å²) in [6.45, 7) is 4.68. The maximum atomic E-state index is 12.1. The molecule has 1 aliphatic heterocycles. The van der Waals surface area contributed by atoms with Gasteiger partial charge in [0.15, 0.2) is 6.61 Å². The maximum Gasteiger partial charge on any atom is 0.326 e. The van der Waals surface area contributed by atoms with Gasteiger partial charge in [-0.15, -0.1) is 0 Å². The molecule has 0 bridgehead atoms. The molecule has 3 rings (SSSR count). The van der Waals surface area contributed by atoms with E-state index < -0.39 is 30.0 Å². The highest BCUT2D eigenvalue weighted by Crippen LogP contribution is 2.27. The average Bonchev–Trinajstić information content (AvgIpc) is 3.19. The van der Waals surface area contributed by atoms with Gasteiger partial charge in [0.1, 0.15) is 17.8 Å². The second kappa shape index (κ2) is 7.67. The number of esters is 1. The van der Waals surface area contributed by atoms with E-state index in [-0.39, 0.29) is 12.5 Å². The van der Waals surface area contributed by atoms with E-state index in [4.69, 9.17) is 14.0 Å². The normalized spacial score (nSPS) is 15.5. The van der Waals surface area contributed by atoms with Gasteiger partial charge in [-0.25, -0.2) is 4.79 Å². The van der Waals surface area contributed by atoms with Crippen LogP contribution in [0.1, 0.15) is 26.7 Å². The van der Waals surface area contributed by atoms with Gasteiger partial charge in [0.25, 0.3) is 11.8 Å². The molecule has 148 valence electrons. The summed E-state index contributed by atoms with van der Waals surface area (Å²) in [5, 5.41) is 6.35. The highest BCUT2D eigenvalue weighted by atomic mass is 16.6. The number of urea groups is 1. The van der Waals surface area contributed by atoms with Gasteiger partial charge in [0.05, 0.1) is 12.2 Å². The van der Waals surface area contributed by atoms with Gasteiger partial charge in [-0.1, -0.05) is 17.3 Å². The summed E-state index contributed by atoms with van der Waals surface area (Å²) in [6, 6.07) is 6.57. The number of ether oxygens (including phenoxy) is 2. The van der Waals surface area contributed by atoms with Crippen LogP contribution < -0.4 is 10.1 Å². The number of hydrogen-bond donors (Lipinski definition) is 1. The number of imide groups is 1. The lowest BCUT2D eigenvalue weighted by atomic mass is 10.1. The lowest BCUT2D eigenvalue weighted by Gasteiger charge is -2.15. The predicted molar refractivity (Wildman–Crippen MR) is 95.0 cm³/mol. The van der Waals surface area contributed by atoms with Gasteiger partial charge in [-0.2, -0.15) is 4.98 Å². The van der Waals surface area contributed by atoms with Gasteiger partial charge in [-0.05, 0) is 32.9 Å². The SMILES string of the molecule is CCOc1ccccc1-c1noc(COC(=O)CN2C(=O)NC(C)(C)C2=O)n1. The quantitative estimate of drug-likeness (QED) is 0.559. The first-order chi connectivity index (χ1) is 13.3. The molecular formula is C18H20N4O6. The van der Waals surface area contributed by atoms with Crippen LogP contribution in [-0.4, -0.2) is 51.6 Å². The number of para-hydroxylation sites is 1. The molecule has 0 atom stereocenters. The van der Waals surface area contributed by atoms with Crippen LogP contribution in [0.5, 0.6) is 5.75 Å². The first-order valence-electron chi connectivity index (χ1n) is 8.66. The van der Waals surface area contributed by atoms with Crippen LogP contribution in [0, 0.1) is 0 Å². The van der Waals surface area contributed by atoms with Crippen molar-refractivity contribution >= 4 is 17.9 Å². The highest BCUT2D eigenvalue weighted by Gasteiger charge is 2.45. The molecular weight excluding hydrogens is 368 g/mol. The minimum atomic E-state index is -1.05. The molecule has 0 spiro atoms. The monoisotopic (exact) mass is 388 g/mol. The van der Waals surface area contributed by atoms with E-state index in [1.165, 1.54) is 0 Å². The Morgan fingerprint density at radius 1 is 1.29 bits per heavy atom. The molecule has 1 N–H and O–H groups in total. The molecule has 1 saturated heterocycles. The third-order valence-electron chi connectivity index (χ3n) is 3.98. The molecule has 1 aromatic carbocycles. The van der Waals surface area contributed by atoms with E-state index in [2.05, 4.69) is 15.5 Å². The minimum absolute atomic E-state index is 0.0761. The van der Waals surface area contributed by atoms with Crippen LogP contribution in [-0.2, 0) is 20.9 Å². The Hall–Kier alpha value is -3.43. The number of amides is 3. The molecule has 0 unspecified atom stereocenters. The van der Waals surface area contributed by atoms with E-state index in [0.29, 0.717) is 23.7 Å². The summed E-state index contributed by atoms with van der Waals surface area (Å²) >= 11 is 0. The third kappa shape index (κ3) is 3.95. The van der Waals surface area contributed by atoms with Gasteiger partial charge in [0, 0.05) is 0 Å². The second-order valence-electron chi connectivity index (χ2n) is 6.55. The highest BCUT2D eigenvalue weighted by molar-refractivity contribution is 6.08. The lowest BCUT2D eigenvalue weighted by molar-refractivity contribution is -0.149. The molecule has 2 heterocycles. The molecule has 28 heavy (non-hydrogen) atoms. The predicted octanol–water partition coefficient (Wildman–Crippen LogP) is 1.51. The van der Waals surface area contributed by atoms with E-state index in [0.717, 1.165) is 4.90 Å². The first kappa shape index (κ1) is 19.3.